The number of nitrogens with two attached hydrogens (primary N) is 1. The molecular formula is C23H27ClFN5O3. The summed E-state index contributed by atoms with van der Waals surface area (Å²) in [5.74, 6) is -0.226. The lowest BCUT2D eigenvalue weighted by molar-refractivity contribution is -0.125. The largest absolute Gasteiger partial charge is 0.496 e. The molecule has 0 atom stereocenters. The van der Waals surface area contributed by atoms with Crippen LogP contribution < -0.4 is 26.0 Å². The minimum atomic E-state index is -0.633. The number of carbonyl (C=O) groups is 2. The van der Waals surface area contributed by atoms with Gasteiger partial charge in [-0.2, -0.15) is 0 Å². The van der Waals surface area contributed by atoms with Gasteiger partial charge in [0.2, 0.25) is 5.91 Å². The van der Waals surface area contributed by atoms with E-state index >= 15 is 0 Å². The van der Waals surface area contributed by atoms with Crippen molar-refractivity contribution in [2.45, 2.75) is 18.4 Å². The van der Waals surface area contributed by atoms with Gasteiger partial charge >= 0.3 is 0 Å². The molecule has 4 rings (SSSR count). The number of nitrogen functional groups attached to an aromatic ring is 1. The van der Waals surface area contributed by atoms with Crippen molar-refractivity contribution in [1.82, 2.24) is 15.5 Å². The number of ether oxygens (including phenoxy) is 1. The van der Waals surface area contributed by atoms with Crippen LogP contribution in [-0.2, 0) is 4.79 Å². The molecule has 0 aliphatic carbocycles. The third-order valence-corrected chi connectivity index (χ3v) is 6.76. The number of carbonyl (C=O) groups excluding carboxylic acids is 2. The zero-order valence-corrected chi connectivity index (χ0v) is 19.1. The van der Waals surface area contributed by atoms with Gasteiger partial charge in [0, 0.05) is 37.9 Å². The van der Waals surface area contributed by atoms with Crippen LogP contribution in [0.2, 0.25) is 5.02 Å². The van der Waals surface area contributed by atoms with E-state index in [1.807, 2.05) is 4.90 Å². The van der Waals surface area contributed by atoms with Gasteiger partial charge in [-0.15, -0.1) is 0 Å². The summed E-state index contributed by atoms with van der Waals surface area (Å²) in [7, 11) is 1.47. The van der Waals surface area contributed by atoms with Crippen LogP contribution in [0.5, 0.6) is 5.75 Å². The van der Waals surface area contributed by atoms with E-state index < -0.39 is 5.54 Å². The molecule has 4 N–H and O–H groups in total. The maximum absolute atomic E-state index is 13.3. The Kier molecular flexibility index (Phi) is 6.62. The Morgan fingerprint density at radius 1 is 1.27 bits per heavy atom. The molecule has 2 heterocycles. The molecule has 0 radical (unpaired) electrons. The Labute approximate surface area is 196 Å². The zero-order chi connectivity index (χ0) is 23.6. The molecule has 1 spiro atoms. The highest BCUT2D eigenvalue weighted by Crippen LogP contribution is 2.36. The van der Waals surface area contributed by atoms with Crippen molar-refractivity contribution in [1.29, 1.82) is 0 Å². The summed E-state index contributed by atoms with van der Waals surface area (Å²) in [6.45, 7) is 2.90. The molecule has 2 aliphatic heterocycles. The maximum Gasteiger partial charge on any atom is 0.255 e. The summed E-state index contributed by atoms with van der Waals surface area (Å²) in [6.07, 6.45) is 1.29. The number of rotatable bonds is 6. The van der Waals surface area contributed by atoms with Gasteiger partial charge in [-0.1, -0.05) is 11.6 Å². The molecule has 2 amide bonds. The molecule has 2 aromatic rings. The van der Waals surface area contributed by atoms with Crippen molar-refractivity contribution in [3.63, 3.8) is 0 Å². The van der Waals surface area contributed by atoms with Crippen LogP contribution >= 0.6 is 11.6 Å². The third kappa shape index (κ3) is 4.56. The Morgan fingerprint density at radius 2 is 1.97 bits per heavy atom. The molecule has 2 saturated heterocycles. The highest BCUT2D eigenvalue weighted by molar-refractivity contribution is 6.33. The molecule has 8 nitrogen and oxygen atoms in total. The number of hydrogen-bond donors (Lipinski definition) is 3. The lowest BCUT2D eigenvalue weighted by atomic mass is 9.85. The van der Waals surface area contributed by atoms with Crippen LogP contribution in [0.25, 0.3) is 0 Å². The van der Waals surface area contributed by atoms with Gasteiger partial charge in [-0.05, 0) is 43.2 Å². The van der Waals surface area contributed by atoms with E-state index in [-0.39, 0.29) is 17.6 Å². The number of halogens is 2. The van der Waals surface area contributed by atoms with E-state index in [2.05, 4.69) is 15.5 Å². The highest BCUT2D eigenvalue weighted by Gasteiger charge is 2.50. The molecule has 0 aromatic heterocycles. The van der Waals surface area contributed by atoms with Crippen molar-refractivity contribution >= 4 is 34.8 Å². The molecule has 10 heteroatoms. The summed E-state index contributed by atoms with van der Waals surface area (Å²) in [4.78, 5) is 29.6. The number of methoxy groups -OCH3 is 1. The van der Waals surface area contributed by atoms with E-state index in [9.17, 15) is 14.0 Å². The molecule has 2 fully saturated rings. The van der Waals surface area contributed by atoms with Crippen LogP contribution in [0.15, 0.2) is 36.4 Å². The van der Waals surface area contributed by atoms with Crippen molar-refractivity contribution in [2.75, 3.05) is 50.6 Å². The second-order valence-electron chi connectivity index (χ2n) is 8.27. The van der Waals surface area contributed by atoms with Gasteiger partial charge in [0.15, 0.2) is 0 Å². The molecule has 33 heavy (non-hydrogen) atoms. The normalized spacial score (nSPS) is 17.8. The first-order valence-electron chi connectivity index (χ1n) is 10.8. The molecule has 0 bridgehead atoms. The number of amides is 2. The minimum Gasteiger partial charge on any atom is -0.496 e. The first kappa shape index (κ1) is 23.1. The van der Waals surface area contributed by atoms with Gasteiger partial charge in [0.1, 0.15) is 17.1 Å². The Bertz CT molecular complexity index is 1040. The predicted molar refractivity (Wildman–Crippen MR) is 125 cm³/mol. The van der Waals surface area contributed by atoms with Crippen LogP contribution in [0.1, 0.15) is 23.2 Å². The molecule has 0 saturated carbocycles. The van der Waals surface area contributed by atoms with Gasteiger partial charge in [-0.3, -0.25) is 9.59 Å². The Hall–Kier alpha value is -3.04. The SMILES string of the molecule is COc1cc(N)c(Cl)cc1C(=O)NCCN1CCC2(CC1)C(=O)NCN2c1ccc(F)cc1. The molecular weight excluding hydrogens is 449 g/mol. The maximum atomic E-state index is 13.3. The number of hydrogen-bond acceptors (Lipinski definition) is 6. The zero-order valence-electron chi connectivity index (χ0n) is 18.4. The topological polar surface area (TPSA) is 99.9 Å². The van der Waals surface area contributed by atoms with Crippen molar-refractivity contribution in [3.05, 3.63) is 52.8 Å². The fourth-order valence-corrected chi connectivity index (χ4v) is 4.69. The lowest BCUT2D eigenvalue weighted by Crippen LogP contribution is -2.57. The number of anilines is 2. The van der Waals surface area contributed by atoms with E-state index in [1.165, 1.54) is 31.4 Å². The summed E-state index contributed by atoms with van der Waals surface area (Å²) in [5, 5.41) is 6.13. The number of piperidine rings is 1. The number of likely N-dealkylation sites (tertiary alicyclic amines) is 1. The van der Waals surface area contributed by atoms with Crippen molar-refractivity contribution < 1.29 is 18.7 Å². The lowest BCUT2D eigenvalue weighted by Gasteiger charge is -2.43. The minimum absolute atomic E-state index is 0.00658. The average Bonchev–Trinajstić information content (AvgIpc) is 3.12. The van der Waals surface area contributed by atoms with E-state index in [0.717, 1.165) is 5.69 Å². The summed E-state index contributed by atoms with van der Waals surface area (Å²) >= 11 is 6.05. The van der Waals surface area contributed by atoms with E-state index in [4.69, 9.17) is 22.1 Å². The standard InChI is InChI=1S/C23H27ClFN5O3/c1-33-20-13-19(26)18(24)12-17(20)21(31)27-8-11-29-9-6-23(7-10-29)22(32)28-14-30(23)16-4-2-15(25)3-5-16/h2-5,12-13H,6-11,14,26H2,1H3,(H,27,31)(H,28,32). The van der Waals surface area contributed by atoms with Crippen molar-refractivity contribution in [3.8, 4) is 5.75 Å². The smallest absolute Gasteiger partial charge is 0.255 e. The first-order valence-corrected chi connectivity index (χ1v) is 11.2. The summed E-state index contributed by atoms with van der Waals surface area (Å²) in [6, 6.07) is 9.26. The van der Waals surface area contributed by atoms with Gasteiger partial charge in [0.05, 0.1) is 30.1 Å². The van der Waals surface area contributed by atoms with Crippen LogP contribution in [-0.4, -0.2) is 62.2 Å². The van der Waals surface area contributed by atoms with E-state index in [0.29, 0.717) is 67.7 Å². The summed E-state index contributed by atoms with van der Waals surface area (Å²) in [5.41, 5.74) is 6.64. The molecule has 176 valence electrons. The summed E-state index contributed by atoms with van der Waals surface area (Å²) < 4.78 is 18.6. The predicted octanol–water partition coefficient (Wildman–Crippen LogP) is 2.23. The fraction of sp³-hybridized carbons (Fsp3) is 0.391. The monoisotopic (exact) mass is 475 g/mol. The molecule has 0 unspecified atom stereocenters. The third-order valence-electron chi connectivity index (χ3n) is 6.44. The second kappa shape index (κ2) is 9.44. The highest BCUT2D eigenvalue weighted by atomic mass is 35.5. The number of nitrogens with zero attached hydrogens (tertiary/aromatic N) is 2. The first-order chi connectivity index (χ1) is 15.8. The average molecular weight is 476 g/mol. The molecule has 2 aromatic carbocycles. The Morgan fingerprint density at radius 3 is 2.64 bits per heavy atom. The van der Waals surface area contributed by atoms with Crippen LogP contribution in [0.4, 0.5) is 15.8 Å². The van der Waals surface area contributed by atoms with Crippen LogP contribution in [0, 0.1) is 5.82 Å². The van der Waals surface area contributed by atoms with E-state index in [1.54, 1.807) is 12.1 Å². The number of nitrogens with one attached hydrogen (secondary N) is 2. The fourth-order valence-electron chi connectivity index (χ4n) is 4.53. The second-order valence-corrected chi connectivity index (χ2v) is 8.68. The van der Waals surface area contributed by atoms with Crippen LogP contribution in [0.3, 0.4) is 0 Å². The van der Waals surface area contributed by atoms with Gasteiger partial charge < -0.3 is 30.9 Å². The molecule has 2 aliphatic rings. The van der Waals surface area contributed by atoms with Gasteiger partial charge in [-0.25, -0.2) is 4.39 Å². The van der Waals surface area contributed by atoms with Gasteiger partial charge in [0.25, 0.3) is 5.91 Å². The quantitative estimate of drug-likeness (QED) is 0.554. The Balaban J connectivity index is 1.33. The number of benzene rings is 2. The van der Waals surface area contributed by atoms with Crippen molar-refractivity contribution in [2.24, 2.45) is 0 Å².